The number of hydrogen-bond acceptors (Lipinski definition) is 6. The molecule has 1 N–H and O–H groups in total. The van der Waals surface area contributed by atoms with Crippen LogP contribution < -0.4 is 5.32 Å². The molecule has 112 valence electrons. The predicted octanol–water partition coefficient (Wildman–Crippen LogP) is 0.0825. The lowest BCUT2D eigenvalue weighted by Crippen LogP contribution is -2.44. The van der Waals surface area contributed by atoms with E-state index in [2.05, 4.69) is 32.8 Å². The molecule has 7 heteroatoms. The van der Waals surface area contributed by atoms with E-state index in [4.69, 9.17) is 4.74 Å². The van der Waals surface area contributed by atoms with Crippen LogP contribution in [0.25, 0.3) is 5.69 Å². The number of morpholine rings is 1. The van der Waals surface area contributed by atoms with Gasteiger partial charge in [0.25, 0.3) is 0 Å². The molecule has 0 radical (unpaired) electrons. The molecule has 1 unspecified atom stereocenters. The standard InChI is InChI=1S/C14H20N6O/c1-19-7-8-21-13(11-19)9-15-10-14-16-17-18-20(14)12-5-3-2-4-6-12/h2-6,13,15H,7-11H2,1H3. The van der Waals surface area contributed by atoms with Gasteiger partial charge in [-0.3, -0.25) is 0 Å². The average Bonchev–Trinajstić information content (AvgIpc) is 2.97. The average molecular weight is 288 g/mol. The number of likely N-dealkylation sites (N-methyl/N-ethyl adjacent to an activating group) is 1. The van der Waals surface area contributed by atoms with Crippen LogP contribution >= 0.6 is 0 Å². The molecule has 0 bridgehead atoms. The summed E-state index contributed by atoms with van der Waals surface area (Å²) >= 11 is 0. The van der Waals surface area contributed by atoms with Crippen molar-refractivity contribution in [2.75, 3.05) is 33.3 Å². The largest absolute Gasteiger partial charge is 0.374 e. The minimum atomic E-state index is 0.227. The van der Waals surface area contributed by atoms with Crippen molar-refractivity contribution in [1.29, 1.82) is 0 Å². The highest BCUT2D eigenvalue weighted by molar-refractivity contribution is 5.30. The molecular weight excluding hydrogens is 268 g/mol. The van der Waals surface area contributed by atoms with Crippen LogP contribution in [-0.4, -0.2) is 64.5 Å². The summed E-state index contributed by atoms with van der Waals surface area (Å²) in [6, 6.07) is 9.89. The number of ether oxygens (including phenoxy) is 1. The van der Waals surface area contributed by atoms with Gasteiger partial charge in [-0.05, 0) is 29.6 Å². The minimum absolute atomic E-state index is 0.227. The van der Waals surface area contributed by atoms with Crippen molar-refractivity contribution in [2.45, 2.75) is 12.6 Å². The molecule has 0 saturated carbocycles. The van der Waals surface area contributed by atoms with Gasteiger partial charge >= 0.3 is 0 Å². The first kappa shape index (κ1) is 14.1. The van der Waals surface area contributed by atoms with Crippen molar-refractivity contribution in [1.82, 2.24) is 30.4 Å². The van der Waals surface area contributed by atoms with Gasteiger partial charge in [-0.15, -0.1) is 5.10 Å². The lowest BCUT2D eigenvalue weighted by Gasteiger charge is -2.30. The smallest absolute Gasteiger partial charge is 0.170 e. The lowest BCUT2D eigenvalue weighted by molar-refractivity contribution is -0.0183. The summed E-state index contributed by atoms with van der Waals surface area (Å²) in [5.74, 6) is 0.797. The van der Waals surface area contributed by atoms with Crippen molar-refractivity contribution in [3.63, 3.8) is 0 Å². The van der Waals surface area contributed by atoms with E-state index in [0.717, 1.165) is 37.8 Å². The van der Waals surface area contributed by atoms with Crippen LogP contribution in [0.3, 0.4) is 0 Å². The van der Waals surface area contributed by atoms with Crippen LogP contribution in [0, 0.1) is 0 Å². The Bertz CT molecular complexity index is 558. The first-order valence-corrected chi connectivity index (χ1v) is 7.16. The third kappa shape index (κ3) is 3.63. The fourth-order valence-electron chi connectivity index (χ4n) is 2.42. The number of tetrazole rings is 1. The summed E-state index contributed by atoms with van der Waals surface area (Å²) < 4.78 is 7.47. The molecule has 1 aliphatic rings. The topological polar surface area (TPSA) is 68.1 Å². The van der Waals surface area contributed by atoms with Crippen molar-refractivity contribution in [3.05, 3.63) is 36.2 Å². The Labute approximate surface area is 123 Å². The van der Waals surface area contributed by atoms with Gasteiger partial charge in [0.1, 0.15) is 0 Å². The molecule has 1 fully saturated rings. The van der Waals surface area contributed by atoms with E-state index < -0.39 is 0 Å². The number of para-hydroxylation sites is 1. The van der Waals surface area contributed by atoms with Gasteiger partial charge in [0, 0.05) is 19.6 Å². The molecule has 1 atom stereocenters. The van der Waals surface area contributed by atoms with Crippen molar-refractivity contribution in [3.8, 4) is 5.69 Å². The van der Waals surface area contributed by atoms with Gasteiger partial charge in [-0.25, -0.2) is 0 Å². The normalized spacial score (nSPS) is 19.8. The van der Waals surface area contributed by atoms with Crippen LogP contribution in [-0.2, 0) is 11.3 Å². The maximum atomic E-state index is 5.72. The zero-order valence-electron chi connectivity index (χ0n) is 12.1. The highest BCUT2D eigenvalue weighted by atomic mass is 16.5. The third-order valence-corrected chi connectivity index (χ3v) is 3.53. The maximum absolute atomic E-state index is 5.72. The molecule has 2 aromatic rings. The van der Waals surface area contributed by atoms with Crippen LogP contribution in [0.5, 0.6) is 0 Å². The quantitative estimate of drug-likeness (QED) is 0.840. The predicted molar refractivity (Wildman–Crippen MR) is 78.1 cm³/mol. The molecule has 0 amide bonds. The Morgan fingerprint density at radius 1 is 1.33 bits per heavy atom. The van der Waals surface area contributed by atoms with Gasteiger partial charge < -0.3 is 15.0 Å². The molecule has 1 saturated heterocycles. The number of aromatic nitrogens is 4. The molecule has 1 aliphatic heterocycles. The second-order valence-electron chi connectivity index (χ2n) is 5.23. The SMILES string of the molecule is CN1CCOC(CNCc2nnnn2-c2ccccc2)C1. The summed E-state index contributed by atoms with van der Waals surface area (Å²) in [5, 5.41) is 15.3. The number of rotatable bonds is 5. The monoisotopic (exact) mass is 288 g/mol. The van der Waals surface area contributed by atoms with E-state index in [-0.39, 0.29) is 6.10 Å². The summed E-state index contributed by atoms with van der Waals surface area (Å²) in [7, 11) is 2.12. The minimum Gasteiger partial charge on any atom is -0.374 e. The molecule has 2 heterocycles. The Morgan fingerprint density at radius 2 is 2.19 bits per heavy atom. The number of nitrogens with zero attached hydrogens (tertiary/aromatic N) is 5. The second-order valence-corrected chi connectivity index (χ2v) is 5.23. The Kier molecular flexibility index (Phi) is 4.54. The maximum Gasteiger partial charge on any atom is 0.170 e. The zero-order chi connectivity index (χ0) is 14.5. The third-order valence-electron chi connectivity index (χ3n) is 3.53. The van der Waals surface area contributed by atoms with Crippen molar-refractivity contribution >= 4 is 0 Å². The molecule has 1 aromatic heterocycles. The van der Waals surface area contributed by atoms with Gasteiger partial charge in [-0.2, -0.15) is 4.68 Å². The summed E-state index contributed by atoms with van der Waals surface area (Å²) in [5.41, 5.74) is 0.966. The van der Waals surface area contributed by atoms with Gasteiger partial charge in [0.2, 0.25) is 0 Å². The Hall–Kier alpha value is -1.83. The first-order chi connectivity index (χ1) is 10.3. The van der Waals surface area contributed by atoms with Crippen molar-refractivity contribution < 1.29 is 4.74 Å². The van der Waals surface area contributed by atoms with E-state index in [1.54, 1.807) is 4.68 Å². The van der Waals surface area contributed by atoms with Gasteiger partial charge in [-0.1, -0.05) is 18.2 Å². The lowest BCUT2D eigenvalue weighted by atomic mass is 10.3. The summed E-state index contributed by atoms with van der Waals surface area (Å²) in [6.45, 7) is 4.17. The van der Waals surface area contributed by atoms with Crippen LogP contribution in [0.4, 0.5) is 0 Å². The molecule has 7 nitrogen and oxygen atoms in total. The molecule has 1 aromatic carbocycles. The summed E-state index contributed by atoms with van der Waals surface area (Å²) in [6.07, 6.45) is 0.227. The van der Waals surface area contributed by atoms with E-state index in [1.165, 1.54) is 0 Å². The number of hydrogen-bond donors (Lipinski definition) is 1. The number of nitrogens with one attached hydrogen (secondary N) is 1. The van der Waals surface area contributed by atoms with Gasteiger partial charge in [0.15, 0.2) is 5.82 Å². The number of benzene rings is 1. The molecule has 3 rings (SSSR count). The van der Waals surface area contributed by atoms with E-state index in [9.17, 15) is 0 Å². The van der Waals surface area contributed by atoms with E-state index in [0.29, 0.717) is 6.54 Å². The second kappa shape index (κ2) is 6.75. The Morgan fingerprint density at radius 3 is 3.00 bits per heavy atom. The zero-order valence-corrected chi connectivity index (χ0v) is 12.1. The van der Waals surface area contributed by atoms with Crippen LogP contribution in [0.2, 0.25) is 0 Å². The van der Waals surface area contributed by atoms with Gasteiger partial charge in [0.05, 0.1) is 24.9 Å². The fourth-order valence-corrected chi connectivity index (χ4v) is 2.42. The molecular formula is C14H20N6O. The highest BCUT2D eigenvalue weighted by Crippen LogP contribution is 2.07. The first-order valence-electron chi connectivity index (χ1n) is 7.16. The molecule has 0 aliphatic carbocycles. The fraction of sp³-hybridized carbons (Fsp3) is 0.500. The van der Waals surface area contributed by atoms with E-state index in [1.807, 2.05) is 30.3 Å². The summed E-state index contributed by atoms with van der Waals surface area (Å²) in [4.78, 5) is 2.28. The molecule has 21 heavy (non-hydrogen) atoms. The van der Waals surface area contributed by atoms with Crippen LogP contribution in [0.15, 0.2) is 30.3 Å². The van der Waals surface area contributed by atoms with Crippen molar-refractivity contribution in [2.24, 2.45) is 0 Å². The Balaban J connectivity index is 1.55. The van der Waals surface area contributed by atoms with E-state index >= 15 is 0 Å². The molecule has 0 spiro atoms. The highest BCUT2D eigenvalue weighted by Gasteiger charge is 2.17. The van der Waals surface area contributed by atoms with Crippen LogP contribution in [0.1, 0.15) is 5.82 Å².